The van der Waals surface area contributed by atoms with Crippen LogP contribution in [0.2, 0.25) is 0 Å². The number of fused-ring (bicyclic) bond motifs is 1. The van der Waals surface area contributed by atoms with Crippen molar-refractivity contribution in [1.29, 1.82) is 0 Å². The summed E-state index contributed by atoms with van der Waals surface area (Å²) in [5.41, 5.74) is 2.75. The Bertz CT molecular complexity index is 1590. The van der Waals surface area contributed by atoms with Crippen LogP contribution >= 0.6 is 0 Å². The third-order valence-corrected chi connectivity index (χ3v) is 7.75. The van der Waals surface area contributed by atoms with Crippen molar-refractivity contribution in [3.8, 4) is 0 Å². The second kappa shape index (κ2) is 11.2. The van der Waals surface area contributed by atoms with Crippen molar-refractivity contribution in [2.24, 2.45) is 27.7 Å². The van der Waals surface area contributed by atoms with Gasteiger partial charge in [-0.15, -0.1) is 0 Å². The van der Waals surface area contributed by atoms with Crippen molar-refractivity contribution < 1.29 is 31.1 Å². The third kappa shape index (κ3) is 5.89. The molecule has 2 aliphatic heterocycles. The summed E-state index contributed by atoms with van der Waals surface area (Å²) in [7, 11) is 0. The van der Waals surface area contributed by atoms with Crippen molar-refractivity contribution in [2.45, 2.75) is 32.5 Å². The van der Waals surface area contributed by atoms with E-state index in [1.54, 1.807) is 0 Å². The zero-order valence-electron chi connectivity index (χ0n) is 22.7. The fourth-order valence-corrected chi connectivity index (χ4v) is 5.53. The molecule has 3 unspecified atom stereocenters. The second-order valence-electron chi connectivity index (χ2n) is 10.8. The second-order valence-corrected chi connectivity index (χ2v) is 10.8. The van der Waals surface area contributed by atoms with Gasteiger partial charge < -0.3 is 14.1 Å². The van der Waals surface area contributed by atoms with Crippen LogP contribution < -0.4 is 0 Å². The number of furan rings is 1. The number of halogens is 5. The first kappa shape index (κ1) is 27.9. The first-order valence-corrected chi connectivity index (χ1v) is 13.8. The molecule has 0 radical (unpaired) electrons. The first-order valence-electron chi connectivity index (χ1n) is 13.8. The summed E-state index contributed by atoms with van der Waals surface area (Å²) in [6, 6.07) is 6.18. The molecular formula is C32H28F5N3O2. The molecule has 0 amide bonds. The highest BCUT2D eigenvalue weighted by molar-refractivity contribution is 6.18. The molecule has 1 aromatic heterocycles. The van der Waals surface area contributed by atoms with Gasteiger partial charge >= 0.3 is 6.18 Å². The number of aliphatic imine (C=N–C) groups is 2. The lowest BCUT2D eigenvalue weighted by Crippen LogP contribution is -2.31. The van der Waals surface area contributed by atoms with E-state index >= 15 is 0 Å². The molecule has 0 N–H and O–H groups in total. The minimum atomic E-state index is -4.52. The number of hydrogen-bond acceptors (Lipinski definition) is 5. The number of rotatable bonds is 7. The molecule has 1 aromatic carbocycles. The minimum Gasteiger partial charge on any atom is -0.486 e. The van der Waals surface area contributed by atoms with Gasteiger partial charge in [-0.2, -0.15) is 13.2 Å². The maximum absolute atomic E-state index is 14.2. The highest BCUT2D eigenvalue weighted by Crippen LogP contribution is 2.35. The number of allylic oxidation sites excluding steroid dienone is 7. The zero-order chi connectivity index (χ0) is 29.4. The molecule has 6 rings (SSSR count). The van der Waals surface area contributed by atoms with Crippen LogP contribution in [0.25, 0.3) is 0 Å². The van der Waals surface area contributed by atoms with Gasteiger partial charge in [0.2, 0.25) is 5.76 Å². The van der Waals surface area contributed by atoms with Crippen LogP contribution in [0.1, 0.15) is 36.8 Å². The van der Waals surface area contributed by atoms with Crippen LogP contribution in [0.3, 0.4) is 0 Å². The van der Waals surface area contributed by atoms with Crippen molar-refractivity contribution in [1.82, 2.24) is 4.90 Å². The molecule has 0 spiro atoms. The average molecular weight is 582 g/mol. The van der Waals surface area contributed by atoms with Gasteiger partial charge in [0.15, 0.2) is 17.5 Å². The number of ether oxygens (including phenoxy) is 1. The van der Waals surface area contributed by atoms with Crippen LogP contribution in [0.5, 0.6) is 0 Å². The van der Waals surface area contributed by atoms with E-state index in [0.717, 1.165) is 37.4 Å². The largest absolute Gasteiger partial charge is 0.486 e. The maximum atomic E-state index is 14.2. The van der Waals surface area contributed by atoms with Gasteiger partial charge in [0.05, 0.1) is 11.3 Å². The predicted molar refractivity (Wildman–Crippen MR) is 148 cm³/mol. The van der Waals surface area contributed by atoms with Gasteiger partial charge in [-0.25, -0.2) is 18.8 Å². The highest BCUT2D eigenvalue weighted by Gasteiger charge is 2.35. The lowest BCUT2D eigenvalue weighted by atomic mass is 9.80. The van der Waals surface area contributed by atoms with Crippen molar-refractivity contribution in [3.05, 3.63) is 119 Å². The van der Waals surface area contributed by atoms with E-state index in [1.165, 1.54) is 23.8 Å². The molecular weight excluding hydrogens is 553 g/mol. The van der Waals surface area contributed by atoms with E-state index in [2.05, 4.69) is 46.1 Å². The fourth-order valence-electron chi connectivity index (χ4n) is 5.53. The van der Waals surface area contributed by atoms with Crippen molar-refractivity contribution in [3.63, 3.8) is 0 Å². The number of benzene rings is 1. The normalized spacial score (nSPS) is 23.6. The van der Waals surface area contributed by atoms with E-state index in [0.29, 0.717) is 23.8 Å². The van der Waals surface area contributed by atoms with Gasteiger partial charge in [0.1, 0.15) is 23.8 Å². The molecule has 2 aliphatic carbocycles. The van der Waals surface area contributed by atoms with E-state index in [-0.39, 0.29) is 35.6 Å². The lowest BCUT2D eigenvalue weighted by Gasteiger charge is -2.30. The maximum Gasteiger partial charge on any atom is 0.449 e. The molecule has 218 valence electrons. The molecule has 0 bridgehead atoms. The third-order valence-electron chi connectivity index (χ3n) is 7.75. The van der Waals surface area contributed by atoms with Crippen LogP contribution in [-0.4, -0.2) is 29.5 Å². The Morgan fingerprint density at radius 2 is 1.93 bits per heavy atom. The summed E-state index contributed by atoms with van der Waals surface area (Å²) in [6.07, 6.45) is 11.5. The van der Waals surface area contributed by atoms with Crippen molar-refractivity contribution >= 4 is 11.5 Å². The van der Waals surface area contributed by atoms with Gasteiger partial charge in [-0.1, -0.05) is 37.3 Å². The van der Waals surface area contributed by atoms with Crippen molar-refractivity contribution in [2.75, 3.05) is 13.1 Å². The van der Waals surface area contributed by atoms with Crippen LogP contribution in [0.15, 0.2) is 104 Å². The standard InChI is InChI=1S/C32H28F5N3O2/c1-19-15-22(41-18-23-10-12-29(42-23)32(35,36)37)9-11-24(19)21-7-5-20(6-8-21)16-40-14-13-27-28(17-40)39-31(38-27)25-3-2-4-26(33)30(25)34/h2-5,7-12,15,17,19-20,24H,6,13-14,16,18H2,1H3. The van der Waals surface area contributed by atoms with Crippen LogP contribution in [0, 0.1) is 29.4 Å². The molecule has 2 aromatic rings. The number of alkyl halides is 3. The molecule has 0 saturated carbocycles. The molecule has 5 nitrogen and oxygen atoms in total. The molecule has 3 atom stereocenters. The van der Waals surface area contributed by atoms with E-state index in [4.69, 9.17) is 9.15 Å². The zero-order valence-corrected chi connectivity index (χ0v) is 22.7. The Morgan fingerprint density at radius 1 is 1.07 bits per heavy atom. The summed E-state index contributed by atoms with van der Waals surface area (Å²) in [4.78, 5) is 11.1. The predicted octanol–water partition coefficient (Wildman–Crippen LogP) is 7.75. The molecule has 3 heterocycles. The highest BCUT2D eigenvalue weighted by atomic mass is 19.4. The van der Waals surface area contributed by atoms with Gasteiger partial charge in [0.25, 0.3) is 0 Å². The summed E-state index contributed by atoms with van der Waals surface area (Å²) in [5, 5.41) is 0. The summed E-state index contributed by atoms with van der Waals surface area (Å²) in [5.74, 6) is -1.37. The summed E-state index contributed by atoms with van der Waals surface area (Å²) >= 11 is 0. The smallest absolute Gasteiger partial charge is 0.449 e. The van der Waals surface area contributed by atoms with Gasteiger partial charge in [-0.3, -0.25) is 0 Å². The number of hydrogen-bond donors (Lipinski definition) is 0. The first-order chi connectivity index (χ1) is 20.1. The van der Waals surface area contributed by atoms with Gasteiger partial charge in [0, 0.05) is 31.6 Å². The Hall–Kier alpha value is -4.21. The summed E-state index contributed by atoms with van der Waals surface area (Å²) in [6.45, 7) is 3.57. The molecule has 0 fully saturated rings. The minimum absolute atomic E-state index is 0.0637. The fraction of sp³-hybridized carbons (Fsp3) is 0.312. The quantitative estimate of drug-likeness (QED) is 0.314. The molecule has 0 saturated heterocycles. The Balaban J connectivity index is 1.02. The van der Waals surface area contributed by atoms with E-state index in [1.807, 2.05) is 18.4 Å². The SMILES string of the molecule is CC1C=C(OCc2ccc(C(F)(F)F)o2)C=CC1C1=CCC(CN2C=C3N=C(c4cccc(F)c4F)N=C3CC2)C=C1. The number of nitrogens with zero attached hydrogens (tertiary/aromatic N) is 3. The molecule has 4 aliphatic rings. The van der Waals surface area contributed by atoms with Crippen LogP contribution in [0.4, 0.5) is 22.0 Å². The molecule has 10 heteroatoms. The Kier molecular flexibility index (Phi) is 7.47. The number of amidine groups is 1. The monoisotopic (exact) mass is 581 g/mol. The van der Waals surface area contributed by atoms with E-state index in [9.17, 15) is 22.0 Å². The van der Waals surface area contributed by atoms with Gasteiger partial charge in [-0.05, 0) is 60.2 Å². The lowest BCUT2D eigenvalue weighted by molar-refractivity contribution is -0.153. The summed E-state index contributed by atoms with van der Waals surface area (Å²) < 4.78 is 76.7. The average Bonchev–Trinajstić information content (AvgIpc) is 3.61. The molecule has 42 heavy (non-hydrogen) atoms. The van der Waals surface area contributed by atoms with Crippen LogP contribution in [-0.2, 0) is 17.5 Å². The Morgan fingerprint density at radius 3 is 2.67 bits per heavy atom. The van der Waals surface area contributed by atoms with E-state index < -0.39 is 23.6 Å². The Labute approximate surface area is 239 Å². The topological polar surface area (TPSA) is 50.3 Å².